The number of fused-ring (bicyclic) bond motifs is 8. The van der Waals surface area contributed by atoms with Crippen LogP contribution >= 0.6 is 0 Å². The van der Waals surface area contributed by atoms with Gasteiger partial charge in [0.25, 0.3) is 0 Å². The third kappa shape index (κ3) is 2.90. The highest BCUT2D eigenvalue weighted by Crippen LogP contribution is 2.39. The molecule has 0 aliphatic carbocycles. The zero-order valence-corrected chi connectivity index (χ0v) is 20.1. The van der Waals surface area contributed by atoms with Crippen LogP contribution in [0.5, 0.6) is 0 Å². The van der Waals surface area contributed by atoms with Gasteiger partial charge in [-0.1, -0.05) is 42.5 Å². The third-order valence-corrected chi connectivity index (χ3v) is 7.44. The number of rotatable bonds is 2. The zero-order valence-electron chi connectivity index (χ0n) is 20.1. The molecule has 180 valence electrons. The first-order valence-electron chi connectivity index (χ1n) is 12.4. The van der Waals surface area contributed by atoms with Crippen molar-refractivity contribution >= 4 is 49.3 Å². The van der Waals surface area contributed by atoms with Crippen LogP contribution in [0.25, 0.3) is 66.1 Å². The largest absolute Gasteiger partial charge is 0.309 e. The zero-order chi connectivity index (χ0) is 25.4. The molecule has 8 aromatic rings. The van der Waals surface area contributed by atoms with Crippen LogP contribution in [0, 0.1) is 11.6 Å². The molecule has 0 aliphatic heterocycles. The van der Waals surface area contributed by atoms with E-state index >= 15 is 0 Å². The SMILES string of the molecule is Fc1ccc2c(c1)c1cc(F)ccc1n2-c1cccc(-c2c3ccccc3n3c2cnc2ccccc23)c1. The average molecular weight is 496 g/mol. The van der Waals surface area contributed by atoms with E-state index in [0.29, 0.717) is 10.8 Å². The smallest absolute Gasteiger partial charge is 0.123 e. The number of hydrogen-bond acceptors (Lipinski definition) is 1. The van der Waals surface area contributed by atoms with Gasteiger partial charge in [0.1, 0.15) is 11.6 Å². The van der Waals surface area contributed by atoms with Gasteiger partial charge < -0.3 is 8.97 Å². The van der Waals surface area contributed by atoms with Gasteiger partial charge in [0, 0.05) is 27.4 Å². The summed E-state index contributed by atoms with van der Waals surface area (Å²) in [6, 6.07) is 34.2. The molecular formula is C33H19F2N3. The van der Waals surface area contributed by atoms with Gasteiger partial charge >= 0.3 is 0 Å². The minimum Gasteiger partial charge on any atom is -0.309 e. The minimum absolute atomic E-state index is 0.346. The second kappa shape index (κ2) is 7.73. The summed E-state index contributed by atoms with van der Waals surface area (Å²) in [5.74, 6) is -0.693. The van der Waals surface area contributed by atoms with Crippen LogP contribution in [0.1, 0.15) is 0 Å². The van der Waals surface area contributed by atoms with Crippen molar-refractivity contribution in [1.29, 1.82) is 0 Å². The molecule has 38 heavy (non-hydrogen) atoms. The van der Waals surface area contributed by atoms with Gasteiger partial charge in [-0.05, 0) is 72.3 Å². The Morgan fingerprint density at radius 3 is 1.97 bits per heavy atom. The number of benzene rings is 5. The summed E-state index contributed by atoms with van der Waals surface area (Å²) in [7, 11) is 0. The average Bonchev–Trinajstić information content (AvgIpc) is 3.45. The highest BCUT2D eigenvalue weighted by Gasteiger charge is 2.18. The molecule has 3 nitrogen and oxygen atoms in total. The molecule has 3 heterocycles. The van der Waals surface area contributed by atoms with Crippen LogP contribution in [0.15, 0.2) is 115 Å². The fraction of sp³-hybridized carbons (Fsp3) is 0. The Balaban J connectivity index is 1.45. The Bertz CT molecular complexity index is 2160. The molecule has 0 radical (unpaired) electrons. The summed E-state index contributed by atoms with van der Waals surface area (Å²) in [6.45, 7) is 0. The molecule has 0 unspecified atom stereocenters. The lowest BCUT2D eigenvalue weighted by atomic mass is 10.0. The van der Waals surface area contributed by atoms with Crippen molar-refractivity contribution in [2.45, 2.75) is 0 Å². The highest BCUT2D eigenvalue weighted by molar-refractivity contribution is 6.10. The van der Waals surface area contributed by atoms with Gasteiger partial charge in [-0.25, -0.2) is 8.78 Å². The van der Waals surface area contributed by atoms with E-state index in [1.54, 1.807) is 12.1 Å². The first-order valence-corrected chi connectivity index (χ1v) is 12.4. The number of halogens is 2. The summed E-state index contributed by atoms with van der Waals surface area (Å²) >= 11 is 0. The van der Waals surface area contributed by atoms with Crippen LogP contribution in [0.4, 0.5) is 8.78 Å². The molecule has 0 fully saturated rings. The highest BCUT2D eigenvalue weighted by atomic mass is 19.1. The molecule has 8 rings (SSSR count). The molecule has 0 aliphatic rings. The number of nitrogens with zero attached hydrogens (tertiary/aromatic N) is 3. The van der Waals surface area contributed by atoms with E-state index in [2.05, 4.69) is 51.4 Å². The lowest BCUT2D eigenvalue weighted by Gasteiger charge is -2.11. The van der Waals surface area contributed by atoms with E-state index in [1.165, 1.54) is 24.3 Å². The molecule has 3 aromatic heterocycles. The quantitative estimate of drug-likeness (QED) is 0.235. The summed E-state index contributed by atoms with van der Waals surface area (Å²) in [5.41, 5.74) is 8.82. The van der Waals surface area contributed by atoms with Crippen LogP contribution in [-0.4, -0.2) is 14.0 Å². The summed E-state index contributed by atoms with van der Waals surface area (Å²) < 4.78 is 32.8. The monoisotopic (exact) mass is 495 g/mol. The number of aromatic nitrogens is 3. The molecule has 5 heteroatoms. The lowest BCUT2D eigenvalue weighted by molar-refractivity contribution is 0.628. The molecule has 0 amide bonds. The Morgan fingerprint density at radius 2 is 1.21 bits per heavy atom. The first kappa shape index (κ1) is 21.1. The van der Waals surface area contributed by atoms with Crippen molar-refractivity contribution in [3.05, 3.63) is 127 Å². The molecule has 0 saturated carbocycles. The van der Waals surface area contributed by atoms with Gasteiger partial charge in [0.05, 0.1) is 39.3 Å². The van der Waals surface area contributed by atoms with Crippen molar-refractivity contribution in [2.24, 2.45) is 0 Å². The van der Waals surface area contributed by atoms with Crippen molar-refractivity contribution in [1.82, 2.24) is 14.0 Å². The third-order valence-electron chi connectivity index (χ3n) is 7.44. The van der Waals surface area contributed by atoms with Crippen LogP contribution < -0.4 is 0 Å². The Hall–Kier alpha value is -5.03. The Kier molecular flexibility index (Phi) is 4.29. The topological polar surface area (TPSA) is 22.2 Å². The number of hydrogen-bond donors (Lipinski definition) is 0. The first-order chi connectivity index (χ1) is 18.7. The Morgan fingerprint density at radius 1 is 0.526 bits per heavy atom. The van der Waals surface area contributed by atoms with Gasteiger partial charge in [-0.2, -0.15) is 0 Å². The molecule has 0 N–H and O–H groups in total. The Labute approximate surface area is 215 Å². The van der Waals surface area contributed by atoms with Crippen LogP contribution in [0.2, 0.25) is 0 Å². The van der Waals surface area contributed by atoms with Gasteiger partial charge in [0.15, 0.2) is 0 Å². The molecule has 0 atom stereocenters. The second-order valence-electron chi connectivity index (χ2n) is 9.57. The van der Waals surface area contributed by atoms with Gasteiger partial charge in [0.2, 0.25) is 0 Å². The van der Waals surface area contributed by atoms with Crippen molar-refractivity contribution < 1.29 is 8.78 Å². The molecule has 5 aromatic carbocycles. The maximum absolute atomic E-state index is 14.2. The summed E-state index contributed by atoms with van der Waals surface area (Å²) in [4.78, 5) is 4.76. The van der Waals surface area contributed by atoms with E-state index < -0.39 is 0 Å². The summed E-state index contributed by atoms with van der Waals surface area (Å²) in [6.07, 6.45) is 1.94. The second-order valence-corrected chi connectivity index (χ2v) is 9.57. The normalized spacial score (nSPS) is 11.9. The number of para-hydroxylation sites is 3. The van der Waals surface area contributed by atoms with E-state index in [9.17, 15) is 8.78 Å². The maximum Gasteiger partial charge on any atom is 0.123 e. The van der Waals surface area contributed by atoms with Crippen LogP contribution in [-0.2, 0) is 0 Å². The van der Waals surface area contributed by atoms with E-state index in [0.717, 1.165) is 55.3 Å². The summed E-state index contributed by atoms with van der Waals surface area (Å²) in [5, 5.41) is 2.50. The fourth-order valence-electron chi connectivity index (χ4n) is 5.88. The standard InChI is InChI=1S/C33H19F2N3/c34-21-12-14-29-25(17-21)26-18-22(35)13-15-30(26)37(29)23-7-5-6-20(16-23)33-24-8-1-3-10-28(24)38-31-11-4-2-9-27(31)36-19-32(33)38/h1-19H. The molecule has 0 spiro atoms. The van der Waals surface area contributed by atoms with Crippen LogP contribution in [0.3, 0.4) is 0 Å². The minimum atomic E-state index is -0.346. The molecule has 0 saturated heterocycles. The lowest BCUT2D eigenvalue weighted by Crippen LogP contribution is -1.95. The van der Waals surface area contributed by atoms with Gasteiger partial charge in [-0.3, -0.25) is 4.98 Å². The van der Waals surface area contributed by atoms with E-state index in [1.807, 2.05) is 36.5 Å². The van der Waals surface area contributed by atoms with Crippen molar-refractivity contribution in [2.75, 3.05) is 0 Å². The maximum atomic E-state index is 14.2. The van der Waals surface area contributed by atoms with E-state index in [-0.39, 0.29) is 11.6 Å². The molecule has 0 bridgehead atoms. The fourth-order valence-corrected chi connectivity index (χ4v) is 5.88. The van der Waals surface area contributed by atoms with Gasteiger partial charge in [-0.15, -0.1) is 0 Å². The predicted octanol–water partition coefficient (Wildman–Crippen LogP) is 8.68. The van der Waals surface area contributed by atoms with Crippen molar-refractivity contribution in [3.8, 4) is 16.8 Å². The predicted molar refractivity (Wildman–Crippen MR) is 150 cm³/mol. The molecular weight excluding hydrogens is 476 g/mol. The van der Waals surface area contributed by atoms with E-state index in [4.69, 9.17) is 4.98 Å². The van der Waals surface area contributed by atoms with Crippen molar-refractivity contribution in [3.63, 3.8) is 0 Å².